The van der Waals surface area contributed by atoms with E-state index in [2.05, 4.69) is 25.8 Å². The second-order valence-electron chi connectivity index (χ2n) is 7.67. The summed E-state index contributed by atoms with van der Waals surface area (Å²) in [7, 11) is 0. The number of aliphatic hydroxyl groups is 1. The van der Waals surface area contributed by atoms with Gasteiger partial charge >= 0.3 is 0 Å². The van der Waals surface area contributed by atoms with Crippen molar-refractivity contribution < 1.29 is 14.7 Å². The normalized spacial score (nSPS) is 17.6. The predicted molar refractivity (Wildman–Crippen MR) is 105 cm³/mol. The van der Waals surface area contributed by atoms with Gasteiger partial charge in [0, 0.05) is 18.3 Å². The molecule has 0 saturated heterocycles. The smallest absolute Gasteiger partial charge is 0.294 e. The molecule has 1 aromatic heterocycles. The van der Waals surface area contributed by atoms with E-state index in [4.69, 9.17) is 0 Å². The number of nitrogens with zero attached hydrogens (tertiary/aromatic N) is 2. The van der Waals surface area contributed by atoms with Crippen molar-refractivity contribution >= 4 is 17.4 Å². The summed E-state index contributed by atoms with van der Waals surface area (Å²) < 4.78 is 0. The standard InChI is InChI=1S/C22H24N2O3/c1-5-17(25)18-19(16-8-6-7-13-23-16)24(21(27)20(18)26)15-11-9-14(10-12-15)22(2,3)4/h6-13,19,26H,5H2,1-4H3. The Morgan fingerprint density at radius 1 is 1.15 bits per heavy atom. The number of amides is 1. The Labute approximate surface area is 159 Å². The Balaban J connectivity index is 2.11. The highest BCUT2D eigenvalue weighted by molar-refractivity contribution is 6.16. The number of aliphatic hydroxyl groups excluding tert-OH is 1. The number of Topliss-reactive ketones (excluding diaryl/α,β-unsaturated/α-hetero) is 1. The molecule has 0 saturated carbocycles. The molecule has 1 aromatic carbocycles. The van der Waals surface area contributed by atoms with Gasteiger partial charge in [-0.05, 0) is 35.2 Å². The molecular formula is C22H24N2O3. The molecule has 2 heterocycles. The summed E-state index contributed by atoms with van der Waals surface area (Å²) >= 11 is 0. The number of aromatic nitrogens is 1. The number of anilines is 1. The Morgan fingerprint density at radius 3 is 2.33 bits per heavy atom. The number of carbonyl (C=O) groups is 2. The van der Waals surface area contributed by atoms with Crippen LogP contribution in [0.15, 0.2) is 60.0 Å². The molecular weight excluding hydrogens is 340 g/mol. The Kier molecular flexibility index (Phi) is 4.87. The van der Waals surface area contributed by atoms with Gasteiger partial charge in [0.25, 0.3) is 5.91 Å². The van der Waals surface area contributed by atoms with Gasteiger partial charge < -0.3 is 5.11 Å². The van der Waals surface area contributed by atoms with Crippen LogP contribution < -0.4 is 4.90 Å². The molecule has 0 bridgehead atoms. The first kappa shape index (κ1) is 18.8. The zero-order valence-corrected chi connectivity index (χ0v) is 16.1. The molecule has 140 valence electrons. The third-order valence-corrected chi connectivity index (χ3v) is 4.81. The number of rotatable bonds is 4. The van der Waals surface area contributed by atoms with Crippen molar-refractivity contribution in [1.82, 2.24) is 4.98 Å². The van der Waals surface area contributed by atoms with Gasteiger partial charge in [-0.1, -0.05) is 45.9 Å². The van der Waals surface area contributed by atoms with Crippen molar-refractivity contribution in [2.75, 3.05) is 4.90 Å². The summed E-state index contributed by atoms with van der Waals surface area (Å²) in [6.45, 7) is 8.06. The number of hydrogen-bond acceptors (Lipinski definition) is 4. The van der Waals surface area contributed by atoms with Crippen LogP contribution in [-0.4, -0.2) is 21.8 Å². The second kappa shape index (κ2) is 6.99. The summed E-state index contributed by atoms with van der Waals surface area (Å²) in [4.78, 5) is 31.1. The lowest BCUT2D eigenvalue weighted by Gasteiger charge is -2.27. The fourth-order valence-corrected chi connectivity index (χ4v) is 3.29. The molecule has 1 aliphatic heterocycles. The highest BCUT2D eigenvalue weighted by Gasteiger charge is 2.44. The summed E-state index contributed by atoms with van der Waals surface area (Å²) in [6, 6.07) is 12.2. The highest BCUT2D eigenvalue weighted by Crippen LogP contribution is 2.41. The van der Waals surface area contributed by atoms with Crippen molar-refractivity contribution in [2.45, 2.75) is 45.6 Å². The molecule has 1 amide bonds. The molecule has 0 radical (unpaired) electrons. The average molecular weight is 364 g/mol. The van der Waals surface area contributed by atoms with Crippen molar-refractivity contribution in [2.24, 2.45) is 0 Å². The van der Waals surface area contributed by atoms with Gasteiger partial charge in [0.1, 0.15) is 6.04 Å². The molecule has 0 spiro atoms. The van der Waals surface area contributed by atoms with E-state index >= 15 is 0 Å². The maximum absolute atomic E-state index is 12.8. The van der Waals surface area contributed by atoms with Gasteiger partial charge in [-0.2, -0.15) is 0 Å². The van der Waals surface area contributed by atoms with Gasteiger partial charge in [-0.25, -0.2) is 0 Å². The van der Waals surface area contributed by atoms with Gasteiger partial charge in [0.2, 0.25) is 0 Å². The van der Waals surface area contributed by atoms with Crippen LogP contribution in [0.3, 0.4) is 0 Å². The largest absolute Gasteiger partial charge is 0.503 e. The van der Waals surface area contributed by atoms with E-state index < -0.39 is 17.7 Å². The Hall–Kier alpha value is -2.95. The number of pyridine rings is 1. The van der Waals surface area contributed by atoms with Gasteiger partial charge in [-0.3, -0.25) is 19.5 Å². The highest BCUT2D eigenvalue weighted by atomic mass is 16.3. The predicted octanol–water partition coefficient (Wildman–Crippen LogP) is 4.26. The first-order valence-electron chi connectivity index (χ1n) is 9.07. The van der Waals surface area contributed by atoms with Crippen molar-refractivity contribution in [3.05, 3.63) is 71.3 Å². The molecule has 5 nitrogen and oxygen atoms in total. The number of benzene rings is 1. The van der Waals surface area contributed by atoms with E-state index in [1.807, 2.05) is 24.3 Å². The topological polar surface area (TPSA) is 70.5 Å². The number of ketones is 1. The van der Waals surface area contributed by atoms with Crippen molar-refractivity contribution in [3.63, 3.8) is 0 Å². The minimum absolute atomic E-state index is 0.0162. The Bertz CT molecular complexity index is 893. The summed E-state index contributed by atoms with van der Waals surface area (Å²) in [5, 5.41) is 10.4. The monoisotopic (exact) mass is 364 g/mol. The zero-order chi connectivity index (χ0) is 19.8. The maximum atomic E-state index is 12.8. The molecule has 27 heavy (non-hydrogen) atoms. The van der Waals surface area contributed by atoms with Gasteiger partial charge in [0.05, 0.1) is 11.3 Å². The second-order valence-corrected chi connectivity index (χ2v) is 7.67. The molecule has 0 aliphatic carbocycles. The van der Waals surface area contributed by atoms with Crippen LogP contribution in [0.5, 0.6) is 0 Å². The van der Waals surface area contributed by atoms with Crippen LogP contribution in [0.25, 0.3) is 0 Å². The Morgan fingerprint density at radius 2 is 1.81 bits per heavy atom. The number of carbonyl (C=O) groups excluding carboxylic acids is 2. The first-order chi connectivity index (χ1) is 12.8. The van der Waals surface area contributed by atoms with Crippen molar-refractivity contribution in [1.29, 1.82) is 0 Å². The molecule has 2 aromatic rings. The molecule has 3 rings (SSSR count). The summed E-state index contributed by atoms with van der Waals surface area (Å²) in [6.07, 6.45) is 1.82. The first-order valence-corrected chi connectivity index (χ1v) is 9.07. The molecule has 5 heteroatoms. The van der Waals surface area contributed by atoms with Crippen LogP contribution in [0.1, 0.15) is 51.4 Å². The molecule has 0 fully saturated rings. The number of hydrogen-bond donors (Lipinski definition) is 1. The van der Waals surface area contributed by atoms with E-state index in [0.717, 1.165) is 5.56 Å². The molecule has 1 unspecified atom stereocenters. The lowest BCUT2D eigenvalue weighted by atomic mass is 9.87. The zero-order valence-electron chi connectivity index (χ0n) is 16.1. The lowest BCUT2D eigenvalue weighted by molar-refractivity contribution is -0.118. The van der Waals surface area contributed by atoms with E-state index in [0.29, 0.717) is 11.4 Å². The third kappa shape index (κ3) is 3.37. The fraction of sp³-hybridized carbons (Fsp3) is 0.318. The van der Waals surface area contributed by atoms with Gasteiger partial charge in [-0.15, -0.1) is 0 Å². The van der Waals surface area contributed by atoms with Crippen LogP contribution in [-0.2, 0) is 15.0 Å². The van der Waals surface area contributed by atoms with Crippen LogP contribution in [0.4, 0.5) is 5.69 Å². The van der Waals surface area contributed by atoms with E-state index in [1.54, 1.807) is 31.3 Å². The van der Waals surface area contributed by atoms with Crippen LogP contribution >= 0.6 is 0 Å². The molecule has 1 atom stereocenters. The van der Waals surface area contributed by atoms with E-state index in [1.165, 1.54) is 4.90 Å². The van der Waals surface area contributed by atoms with Crippen LogP contribution in [0, 0.1) is 0 Å². The summed E-state index contributed by atoms with van der Waals surface area (Å²) in [5.41, 5.74) is 2.40. The van der Waals surface area contributed by atoms with Crippen LogP contribution in [0.2, 0.25) is 0 Å². The lowest BCUT2D eigenvalue weighted by Crippen LogP contribution is -2.31. The SMILES string of the molecule is CCC(=O)C1=C(O)C(=O)N(c2ccc(C(C)(C)C)cc2)C1c1ccccn1. The average Bonchev–Trinajstić information content (AvgIpc) is 2.92. The van der Waals surface area contributed by atoms with Gasteiger partial charge in [0.15, 0.2) is 11.5 Å². The third-order valence-electron chi connectivity index (χ3n) is 4.81. The molecule has 1 N–H and O–H groups in total. The quantitative estimate of drug-likeness (QED) is 0.880. The van der Waals surface area contributed by atoms with Crippen molar-refractivity contribution in [3.8, 4) is 0 Å². The van der Waals surface area contributed by atoms with E-state index in [-0.39, 0.29) is 23.2 Å². The minimum Gasteiger partial charge on any atom is -0.503 e. The maximum Gasteiger partial charge on any atom is 0.294 e. The summed E-state index contributed by atoms with van der Waals surface area (Å²) in [5.74, 6) is -1.33. The van der Waals surface area contributed by atoms with E-state index in [9.17, 15) is 14.7 Å². The molecule has 1 aliphatic rings. The fourth-order valence-electron chi connectivity index (χ4n) is 3.29. The minimum atomic E-state index is -0.730.